The Morgan fingerprint density at radius 1 is 1.19 bits per heavy atom. The van der Waals surface area contributed by atoms with Crippen LogP contribution in [0.1, 0.15) is 31.2 Å². The monoisotopic (exact) mass is 382 g/mol. The molecule has 0 unspecified atom stereocenters. The summed E-state index contributed by atoms with van der Waals surface area (Å²) >= 11 is 1.74. The lowest BCUT2D eigenvalue weighted by atomic mass is 10.1. The quantitative estimate of drug-likeness (QED) is 0.494. The highest BCUT2D eigenvalue weighted by Gasteiger charge is 2.19. The number of rotatable bonds is 6. The van der Waals surface area contributed by atoms with Crippen molar-refractivity contribution >= 4 is 38.9 Å². The van der Waals surface area contributed by atoms with E-state index in [0.29, 0.717) is 18.0 Å². The molecule has 1 aliphatic rings. The highest BCUT2D eigenvalue weighted by Crippen LogP contribution is 2.33. The van der Waals surface area contributed by atoms with Crippen LogP contribution in [-0.4, -0.2) is 17.3 Å². The van der Waals surface area contributed by atoms with Gasteiger partial charge in [0.1, 0.15) is 5.75 Å². The number of thiophene rings is 1. The smallest absolute Gasteiger partial charge is 0.409 e. The minimum Gasteiger partial charge on any atom is -0.488 e. The molecule has 3 aromatic rings. The fourth-order valence-electron chi connectivity index (χ4n) is 3.50. The first-order valence-corrected chi connectivity index (χ1v) is 10.1. The van der Waals surface area contributed by atoms with Crippen molar-refractivity contribution in [1.29, 1.82) is 0 Å². The van der Waals surface area contributed by atoms with Gasteiger partial charge in [0.15, 0.2) is 0 Å². The van der Waals surface area contributed by atoms with E-state index in [-0.39, 0.29) is 6.10 Å². The Morgan fingerprint density at radius 2 is 2.00 bits per heavy atom. The van der Waals surface area contributed by atoms with Gasteiger partial charge in [-0.2, -0.15) is 0 Å². The SMILES string of the molecule is O=C(O)Nc1ccc(NCc2csc3ccccc23)cc1OC1CCCC1. The van der Waals surface area contributed by atoms with Gasteiger partial charge < -0.3 is 15.2 Å². The molecule has 1 aliphatic carbocycles. The van der Waals surface area contributed by atoms with Crippen LogP contribution < -0.4 is 15.4 Å². The van der Waals surface area contributed by atoms with E-state index in [1.165, 1.54) is 15.6 Å². The predicted octanol–water partition coefficient (Wildman–Crippen LogP) is 5.92. The minimum atomic E-state index is -1.09. The first kappa shape index (κ1) is 17.7. The molecule has 1 aromatic heterocycles. The van der Waals surface area contributed by atoms with E-state index in [1.807, 2.05) is 12.1 Å². The van der Waals surface area contributed by atoms with Crippen LogP contribution in [0.4, 0.5) is 16.2 Å². The summed E-state index contributed by atoms with van der Waals surface area (Å²) in [7, 11) is 0. The average Bonchev–Trinajstić information content (AvgIpc) is 3.31. The number of amides is 1. The van der Waals surface area contributed by atoms with Crippen molar-refractivity contribution in [3.63, 3.8) is 0 Å². The zero-order chi connectivity index (χ0) is 18.6. The average molecular weight is 382 g/mol. The number of hydrogen-bond acceptors (Lipinski definition) is 4. The highest BCUT2D eigenvalue weighted by atomic mass is 32.1. The topological polar surface area (TPSA) is 70.6 Å². The predicted molar refractivity (Wildman–Crippen MR) is 110 cm³/mol. The minimum absolute atomic E-state index is 0.162. The Kier molecular flexibility index (Phi) is 5.16. The normalized spacial score (nSPS) is 14.4. The van der Waals surface area contributed by atoms with Crippen molar-refractivity contribution in [3.8, 4) is 5.75 Å². The number of fused-ring (bicyclic) bond motifs is 1. The molecule has 0 bridgehead atoms. The molecule has 27 heavy (non-hydrogen) atoms. The van der Waals surface area contributed by atoms with E-state index >= 15 is 0 Å². The number of ether oxygens (including phenoxy) is 1. The molecule has 0 aliphatic heterocycles. The molecule has 1 fully saturated rings. The van der Waals surface area contributed by atoms with Gasteiger partial charge in [0.2, 0.25) is 0 Å². The molecule has 1 heterocycles. The molecule has 4 rings (SSSR count). The summed E-state index contributed by atoms with van der Waals surface area (Å²) in [5, 5.41) is 18.4. The van der Waals surface area contributed by atoms with Gasteiger partial charge in [0.25, 0.3) is 0 Å². The van der Waals surface area contributed by atoms with Crippen molar-refractivity contribution in [2.24, 2.45) is 0 Å². The first-order valence-electron chi connectivity index (χ1n) is 9.19. The van der Waals surface area contributed by atoms with E-state index in [1.54, 1.807) is 17.4 Å². The molecule has 0 spiro atoms. The molecule has 1 amide bonds. The fourth-order valence-corrected chi connectivity index (χ4v) is 4.46. The van der Waals surface area contributed by atoms with Gasteiger partial charge in [-0.05, 0) is 60.2 Å². The maximum absolute atomic E-state index is 11.1. The number of nitrogens with one attached hydrogen (secondary N) is 2. The second kappa shape index (κ2) is 7.88. The van der Waals surface area contributed by atoms with Crippen molar-refractivity contribution in [3.05, 3.63) is 53.4 Å². The summed E-state index contributed by atoms with van der Waals surface area (Å²) in [4.78, 5) is 11.1. The summed E-state index contributed by atoms with van der Waals surface area (Å²) in [6.45, 7) is 0.707. The van der Waals surface area contributed by atoms with Gasteiger partial charge in [0, 0.05) is 23.0 Å². The Hall–Kier alpha value is -2.73. The van der Waals surface area contributed by atoms with Gasteiger partial charge in [0.05, 0.1) is 11.8 Å². The lowest BCUT2D eigenvalue weighted by Gasteiger charge is -2.18. The van der Waals surface area contributed by atoms with Gasteiger partial charge in [-0.25, -0.2) is 4.79 Å². The molecule has 0 radical (unpaired) electrons. The number of carbonyl (C=O) groups is 1. The molecular weight excluding hydrogens is 360 g/mol. The van der Waals surface area contributed by atoms with Crippen molar-refractivity contribution in [2.45, 2.75) is 38.3 Å². The number of benzene rings is 2. The van der Waals surface area contributed by atoms with Gasteiger partial charge in [-0.1, -0.05) is 18.2 Å². The Labute approximate surface area is 162 Å². The summed E-state index contributed by atoms with van der Waals surface area (Å²) in [5.74, 6) is 0.587. The third-order valence-electron chi connectivity index (χ3n) is 4.86. The highest BCUT2D eigenvalue weighted by molar-refractivity contribution is 7.17. The van der Waals surface area contributed by atoms with Crippen molar-refractivity contribution < 1.29 is 14.6 Å². The first-order chi connectivity index (χ1) is 13.2. The number of hydrogen-bond donors (Lipinski definition) is 3. The Balaban J connectivity index is 1.52. The maximum atomic E-state index is 11.1. The molecule has 2 aromatic carbocycles. The lowest BCUT2D eigenvalue weighted by molar-refractivity contribution is 0.205. The van der Waals surface area contributed by atoms with Crippen LogP contribution in [0.3, 0.4) is 0 Å². The van der Waals surface area contributed by atoms with Crippen LogP contribution in [-0.2, 0) is 6.54 Å². The van der Waals surface area contributed by atoms with Crippen LogP contribution >= 0.6 is 11.3 Å². The number of anilines is 2. The van der Waals surface area contributed by atoms with Crippen LogP contribution in [0, 0.1) is 0 Å². The van der Waals surface area contributed by atoms with Gasteiger partial charge in [-0.15, -0.1) is 11.3 Å². The van der Waals surface area contributed by atoms with E-state index in [0.717, 1.165) is 31.4 Å². The van der Waals surface area contributed by atoms with Crippen molar-refractivity contribution in [1.82, 2.24) is 0 Å². The molecule has 6 heteroatoms. The van der Waals surface area contributed by atoms with E-state index in [4.69, 9.17) is 9.84 Å². The van der Waals surface area contributed by atoms with Crippen molar-refractivity contribution in [2.75, 3.05) is 10.6 Å². The molecule has 140 valence electrons. The van der Waals surface area contributed by atoms with E-state index in [2.05, 4.69) is 40.3 Å². The van der Waals surface area contributed by atoms with Crippen LogP contribution in [0.2, 0.25) is 0 Å². The summed E-state index contributed by atoms with van der Waals surface area (Å²) in [5.41, 5.74) is 2.65. The molecule has 1 saturated carbocycles. The summed E-state index contributed by atoms with van der Waals surface area (Å²) in [6.07, 6.45) is 3.44. The van der Waals surface area contributed by atoms with E-state index < -0.39 is 6.09 Å². The standard InChI is InChI=1S/C21H22N2O3S/c24-21(25)23-18-10-9-15(11-19(18)26-16-5-1-2-6-16)22-12-14-13-27-20-8-4-3-7-17(14)20/h3-4,7-11,13,16,22-23H,1-2,5-6,12H2,(H,24,25). The third-order valence-corrected chi connectivity index (χ3v) is 5.88. The fraction of sp³-hybridized carbons (Fsp3) is 0.286. The maximum Gasteiger partial charge on any atom is 0.409 e. The zero-order valence-electron chi connectivity index (χ0n) is 14.9. The van der Waals surface area contributed by atoms with Crippen LogP contribution in [0.15, 0.2) is 47.8 Å². The molecular formula is C21H22N2O3S. The second-order valence-corrected chi connectivity index (χ2v) is 7.69. The lowest BCUT2D eigenvalue weighted by Crippen LogP contribution is -2.14. The summed E-state index contributed by atoms with van der Waals surface area (Å²) < 4.78 is 7.37. The van der Waals surface area contributed by atoms with Gasteiger partial charge in [-0.3, -0.25) is 5.32 Å². The third kappa shape index (κ3) is 4.17. The molecule has 0 saturated heterocycles. The molecule has 3 N–H and O–H groups in total. The van der Waals surface area contributed by atoms with E-state index in [9.17, 15) is 4.79 Å². The summed E-state index contributed by atoms with van der Waals surface area (Å²) in [6, 6.07) is 13.9. The van der Waals surface area contributed by atoms with Crippen LogP contribution in [0.25, 0.3) is 10.1 Å². The Bertz CT molecular complexity index is 948. The largest absolute Gasteiger partial charge is 0.488 e. The van der Waals surface area contributed by atoms with Crippen LogP contribution in [0.5, 0.6) is 5.75 Å². The second-order valence-electron chi connectivity index (χ2n) is 6.78. The molecule has 0 atom stereocenters. The zero-order valence-corrected chi connectivity index (χ0v) is 15.7. The number of carboxylic acid groups (broad SMARTS) is 1. The Morgan fingerprint density at radius 3 is 2.81 bits per heavy atom. The van der Waals surface area contributed by atoms with Gasteiger partial charge >= 0.3 is 6.09 Å². The molecule has 5 nitrogen and oxygen atoms in total.